The van der Waals surface area contributed by atoms with Gasteiger partial charge in [0.25, 0.3) is 0 Å². The Bertz CT molecular complexity index is 282. The lowest BCUT2D eigenvalue weighted by Crippen LogP contribution is -2.53. The Labute approximate surface area is 111 Å². The standard InChI is InChI=1S/C15H28N2O/c1-3-15(9-5-6-10-15)12-17-11-7-8-13(14(17)18)16-4-2/h13,16H,3-12H2,1-2H3. The monoisotopic (exact) mass is 252 g/mol. The van der Waals surface area contributed by atoms with E-state index in [2.05, 4.69) is 24.1 Å². The molecule has 0 spiro atoms. The molecule has 1 heterocycles. The summed E-state index contributed by atoms with van der Waals surface area (Å²) in [4.78, 5) is 14.6. The predicted molar refractivity (Wildman–Crippen MR) is 74.5 cm³/mol. The van der Waals surface area contributed by atoms with Gasteiger partial charge in [-0.15, -0.1) is 0 Å². The number of hydrogen-bond donors (Lipinski definition) is 1. The second kappa shape index (κ2) is 6.05. The van der Waals surface area contributed by atoms with Gasteiger partial charge in [-0.25, -0.2) is 0 Å². The van der Waals surface area contributed by atoms with Crippen molar-refractivity contribution < 1.29 is 4.79 Å². The maximum atomic E-state index is 12.4. The van der Waals surface area contributed by atoms with Crippen LogP contribution in [0.1, 0.15) is 58.8 Å². The molecule has 0 radical (unpaired) electrons. The molecule has 1 N–H and O–H groups in total. The van der Waals surface area contributed by atoms with Crippen LogP contribution in [-0.2, 0) is 4.79 Å². The normalized spacial score (nSPS) is 27.8. The molecule has 18 heavy (non-hydrogen) atoms. The maximum absolute atomic E-state index is 12.4. The van der Waals surface area contributed by atoms with E-state index < -0.39 is 0 Å². The van der Waals surface area contributed by atoms with Gasteiger partial charge in [0.1, 0.15) is 0 Å². The van der Waals surface area contributed by atoms with Crippen molar-refractivity contribution in [3.8, 4) is 0 Å². The predicted octanol–water partition coefficient (Wildman–Crippen LogP) is 2.56. The van der Waals surface area contributed by atoms with Crippen molar-refractivity contribution in [2.24, 2.45) is 5.41 Å². The first-order valence-corrected chi connectivity index (χ1v) is 7.73. The number of nitrogens with one attached hydrogen (secondary N) is 1. The number of carbonyl (C=O) groups excluding carboxylic acids is 1. The average molecular weight is 252 g/mol. The van der Waals surface area contributed by atoms with Gasteiger partial charge in [0.05, 0.1) is 6.04 Å². The van der Waals surface area contributed by atoms with Crippen LogP contribution in [0.2, 0.25) is 0 Å². The summed E-state index contributed by atoms with van der Waals surface area (Å²) in [6.45, 7) is 7.24. The van der Waals surface area contributed by atoms with Crippen LogP contribution in [-0.4, -0.2) is 36.5 Å². The van der Waals surface area contributed by atoms with Crippen LogP contribution in [0.4, 0.5) is 0 Å². The molecule has 0 aromatic heterocycles. The van der Waals surface area contributed by atoms with E-state index in [0.717, 1.165) is 32.5 Å². The van der Waals surface area contributed by atoms with Crippen molar-refractivity contribution in [1.82, 2.24) is 10.2 Å². The number of likely N-dealkylation sites (N-methyl/N-ethyl adjacent to an activating group) is 1. The zero-order valence-electron chi connectivity index (χ0n) is 12.0. The second-order valence-electron chi connectivity index (χ2n) is 6.07. The molecule has 1 aliphatic carbocycles. The van der Waals surface area contributed by atoms with Crippen LogP contribution in [0.25, 0.3) is 0 Å². The Hall–Kier alpha value is -0.570. The van der Waals surface area contributed by atoms with Crippen molar-refractivity contribution in [2.45, 2.75) is 64.8 Å². The van der Waals surface area contributed by atoms with Crippen LogP contribution < -0.4 is 5.32 Å². The highest BCUT2D eigenvalue weighted by atomic mass is 16.2. The second-order valence-corrected chi connectivity index (χ2v) is 6.07. The molecule has 0 aromatic rings. The smallest absolute Gasteiger partial charge is 0.239 e. The van der Waals surface area contributed by atoms with Crippen LogP contribution in [0.3, 0.4) is 0 Å². The number of likely N-dealkylation sites (tertiary alicyclic amines) is 1. The van der Waals surface area contributed by atoms with E-state index in [-0.39, 0.29) is 6.04 Å². The molecule has 1 saturated heterocycles. The van der Waals surface area contributed by atoms with Crippen molar-refractivity contribution in [2.75, 3.05) is 19.6 Å². The molecule has 2 fully saturated rings. The lowest BCUT2D eigenvalue weighted by Gasteiger charge is -2.39. The highest BCUT2D eigenvalue weighted by molar-refractivity contribution is 5.82. The largest absolute Gasteiger partial charge is 0.341 e. The Morgan fingerprint density at radius 2 is 2.00 bits per heavy atom. The highest BCUT2D eigenvalue weighted by Crippen LogP contribution is 2.42. The molecule has 1 saturated carbocycles. The minimum absolute atomic E-state index is 0.0825. The molecule has 0 aromatic carbocycles. The summed E-state index contributed by atoms with van der Waals surface area (Å²) in [6.07, 6.45) is 8.74. The van der Waals surface area contributed by atoms with Gasteiger partial charge in [0.2, 0.25) is 5.91 Å². The van der Waals surface area contributed by atoms with E-state index in [1.807, 2.05) is 0 Å². The summed E-state index contributed by atoms with van der Waals surface area (Å²) in [6, 6.07) is 0.0825. The van der Waals surface area contributed by atoms with Crippen molar-refractivity contribution in [3.05, 3.63) is 0 Å². The number of nitrogens with zero attached hydrogens (tertiary/aromatic N) is 1. The molecule has 1 atom stereocenters. The van der Waals surface area contributed by atoms with Crippen molar-refractivity contribution >= 4 is 5.91 Å². The molecular weight excluding hydrogens is 224 g/mol. The molecule has 2 aliphatic rings. The Kier molecular flexibility index (Phi) is 4.66. The van der Waals surface area contributed by atoms with Gasteiger partial charge in [-0.1, -0.05) is 26.7 Å². The van der Waals surface area contributed by atoms with Gasteiger partial charge in [0.15, 0.2) is 0 Å². The fourth-order valence-electron chi connectivity index (χ4n) is 3.69. The van der Waals surface area contributed by atoms with E-state index in [1.54, 1.807) is 0 Å². The van der Waals surface area contributed by atoms with Crippen molar-refractivity contribution in [1.29, 1.82) is 0 Å². The zero-order chi connectivity index (χ0) is 13.0. The third-order valence-electron chi connectivity index (χ3n) is 4.92. The van der Waals surface area contributed by atoms with Gasteiger partial charge in [-0.2, -0.15) is 0 Å². The molecule has 104 valence electrons. The third kappa shape index (κ3) is 2.87. The fraction of sp³-hybridized carbons (Fsp3) is 0.933. The van der Waals surface area contributed by atoms with E-state index in [4.69, 9.17) is 0 Å². The van der Waals surface area contributed by atoms with E-state index >= 15 is 0 Å². The molecule has 3 heteroatoms. The summed E-state index contributed by atoms with van der Waals surface area (Å²) in [5, 5.41) is 3.33. The van der Waals surface area contributed by atoms with Crippen LogP contribution >= 0.6 is 0 Å². The number of amides is 1. The highest BCUT2D eigenvalue weighted by Gasteiger charge is 2.37. The maximum Gasteiger partial charge on any atom is 0.239 e. The summed E-state index contributed by atoms with van der Waals surface area (Å²) in [5.74, 6) is 0.350. The first kappa shape index (κ1) is 13.9. The van der Waals surface area contributed by atoms with Crippen molar-refractivity contribution in [3.63, 3.8) is 0 Å². The Balaban J connectivity index is 1.97. The SMILES string of the molecule is CCNC1CCCN(CC2(CC)CCCC2)C1=O. The number of rotatable bonds is 5. The minimum Gasteiger partial charge on any atom is -0.341 e. The quantitative estimate of drug-likeness (QED) is 0.815. The first-order valence-electron chi connectivity index (χ1n) is 7.73. The summed E-state index contributed by atoms with van der Waals surface area (Å²) in [7, 11) is 0. The van der Waals surface area contributed by atoms with Gasteiger partial charge in [0, 0.05) is 13.1 Å². The van der Waals surface area contributed by atoms with E-state index in [9.17, 15) is 4.79 Å². The van der Waals surface area contributed by atoms with E-state index in [1.165, 1.54) is 32.1 Å². The van der Waals surface area contributed by atoms with Gasteiger partial charge in [-0.3, -0.25) is 4.79 Å². The summed E-state index contributed by atoms with van der Waals surface area (Å²) in [5.41, 5.74) is 0.434. The third-order valence-corrected chi connectivity index (χ3v) is 4.92. The minimum atomic E-state index is 0.0825. The molecular formula is C15H28N2O. The molecule has 0 bridgehead atoms. The van der Waals surface area contributed by atoms with Crippen LogP contribution in [0.5, 0.6) is 0 Å². The lowest BCUT2D eigenvalue weighted by atomic mass is 9.82. The van der Waals surface area contributed by atoms with Gasteiger partial charge in [-0.05, 0) is 44.1 Å². The van der Waals surface area contributed by atoms with E-state index in [0.29, 0.717) is 11.3 Å². The number of hydrogen-bond acceptors (Lipinski definition) is 2. The molecule has 3 nitrogen and oxygen atoms in total. The molecule has 1 aliphatic heterocycles. The number of carbonyl (C=O) groups is 1. The Morgan fingerprint density at radius 1 is 1.28 bits per heavy atom. The van der Waals surface area contributed by atoms with Crippen LogP contribution in [0, 0.1) is 5.41 Å². The fourth-order valence-corrected chi connectivity index (χ4v) is 3.69. The summed E-state index contributed by atoms with van der Waals surface area (Å²) >= 11 is 0. The zero-order valence-corrected chi connectivity index (χ0v) is 12.0. The first-order chi connectivity index (χ1) is 8.71. The van der Waals surface area contributed by atoms with Crippen LogP contribution in [0.15, 0.2) is 0 Å². The lowest BCUT2D eigenvalue weighted by molar-refractivity contribution is -0.137. The molecule has 1 amide bonds. The Morgan fingerprint density at radius 3 is 2.61 bits per heavy atom. The molecule has 1 unspecified atom stereocenters. The van der Waals surface area contributed by atoms with Gasteiger partial charge < -0.3 is 10.2 Å². The van der Waals surface area contributed by atoms with Gasteiger partial charge >= 0.3 is 0 Å². The molecule has 2 rings (SSSR count). The average Bonchev–Trinajstić information content (AvgIpc) is 2.84. The summed E-state index contributed by atoms with van der Waals surface area (Å²) < 4.78 is 0. The number of piperidine rings is 1. The topological polar surface area (TPSA) is 32.3 Å².